The smallest absolute Gasteiger partial charge is 0.302 e. The molecule has 0 saturated carbocycles. The van der Waals surface area contributed by atoms with E-state index in [1.807, 2.05) is 13.8 Å². The average molecular weight is 188 g/mol. The molecule has 1 heterocycles. The van der Waals surface area contributed by atoms with E-state index in [2.05, 4.69) is 0 Å². The maximum absolute atomic E-state index is 10.5. The maximum atomic E-state index is 10.5. The molecular weight excluding hydrogens is 172 g/mol. The normalized spacial score (nSPS) is 33.3. The van der Waals surface area contributed by atoms with Gasteiger partial charge in [-0.15, -0.1) is 0 Å². The Kier molecular flexibility index (Phi) is 3.27. The highest BCUT2D eigenvalue weighted by atomic mass is 16.7. The molecule has 76 valence electrons. The van der Waals surface area contributed by atoms with Crippen LogP contribution in [0.3, 0.4) is 0 Å². The summed E-state index contributed by atoms with van der Waals surface area (Å²) in [6.45, 7) is 6.05. The van der Waals surface area contributed by atoms with Crippen molar-refractivity contribution in [3.63, 3.8) is 0 Å². The van der Waals surface area contributed by atoms with Crippen LogP contribution in [-0.2, 0) is 19.0 Å². The fraction of sp³-hybridized carbons (Fsp3) is 0.889. The van der Waals surface area contributed by atoms with E-state index in [-0.39, 0.29) is 18.7 Å². The van der Waals surface area contributed by atoms with Crippen LogP contribution in [0.25, 0.3) is 0 Å². The number of carbonyl (C=O) groups excluding carboxylic acids is 1. The van der Waals surface area contributed by atoms with Crippen LogP contribution in [0.1, 0.15) is 27.2 Å². The van der Waals surface area contributed by atoms with Gasteiger partial charge in [0.15, 0.2) is 5.79 Å². The lowest BCUT2D eigenvalue weighted by Crippen LogP contribution is -2.27. The zero-order valence-electron chi connectivity index (χ0n) is 8.33. The van der Waals surface area contributed by atoms with Gasteiger partial charge in [-0.2, -0.15) is 0 Å². The monoisotopic (exact) mass is 188 g/mol. The van der Waals surface area contributed by atoms with Gasteiger partial charge in [0, 0.05) is 6.92 Å². The van der Waals surface area contributed by atoms with E-state index in [1.165, 1.54) is 6.92 Å². The highest BCUT2D eigenvalue weighted by Crippen LogP contribution is 2.26. The zero-order valence-corrected chi connectivity index (χ0v) is 8.33. The Balaban J connectivity index is 2.29. The highest BCUT2D eigenvalue weighted by Gasteiger charge is 2.35. The molecule has 0 aromatic rings. The lowest BCUT2D eigenvalue weighted by Gasteiger charge is -2.20. The lowest BCUT2D eigenvalue weighted by molar-refractivity contribution is -0.166. The van der Waals surface area contributed by atoms with Crippen molar-refractivity contribution in [2.75, 3.05) is 13.2 Å². The largest absolute Gasteiger partial charge is 0.463 e. The predicted molar refractivity (Wildman–Crippen MR) is 46.2 cm³/mol. The molecule has 4 nitrogen and oxygen atoms in total. The van der Waals surface area contributed by atoms with Crippen LogP contribution in [0, 0.1) is 0 Å². The second-order valence-corrected chi connectivity index (χ2v) is 3.34. The number of carbonyl (C=O) groups is 1. The molecule has 13 heavy (non-hydrogen) atoms. The van der Waals surface area contributed by atoms with Gasteiger partial charge in [0.25, 0.3) is 0 Å². The molecule has 0 radical (unpaired) electrons. The zero-order chi connectivity index (χ0) is 9.90. The highest BCUT2D eigenvalue weighted by molar-refractivity contribution is 5.65. The molecule has 1 aliphatic heterocycles. The molecule has 0 amide bonds. The van der Waals surface area contributed by atoms with Gasteiger partial charge < -0.3 is 14.2 Å². The Morgan fingerprint density at radius 1 is 1.69 bits per heavy atom. The molecule has 0 spiro atoms. The minimum Gasteiger partial charge on any atom is -0.463 e. The van der Waals surface area contributed by atoms with Crippen molar-refractivity contribution in [2.24, 2.45) is 0 Å². The third kappa shape index (κ3) is 2.97. The third-order valence-corrected chi connectivity index (χ3v) is 2.11. The summed E-state index contributed by atoms with van der Waals surface area (Å²) in [7, 11) is 0. The van der Waals surface area contributed by atoms with Crippen LogP contribution in [0.5, 0.6) is 0 Å². The van der Waals surface area contributed by atoms with E-state index in [0.29, 0.717) is 6.61 Å². The van der Waals surface area contributed by atoms with Crippen molar-refractivity contribution in [1.82, 2.24) is 0 Å². The summed E-state index contributed by atoms with van der Waals surface area (Å²) in [5.74, 6) is -0.779. The van der Waals surface area contributed by atoms with E-state index in [0.717, 1.165) is 6.42 Å². The third-order valence-electron chi connectivity index (χ3n) is 2.11. The molecule has 2 atom stereocenters. The first kappa shape index (κ1) is 10.5. The first-order chi connectivity index (χ1) is 6.06. The second-order valence-electron chi connectivity index (χ2n) is 3.34. The summed E-state index contributed by atoms with van der Waals surface area (Å²) < 4.78 is 15.8. The first-order valence-electron chi connectivity index (χ1n) is 4.51. The topological polar surface area (TPSA) is 44.8 Å². The van der Waals surface area contributed by atoms with Crippen molar-refractivity contribution in [1.29, 1.82) is 0 Å². The van der Waals surface area contributed by atoms with Gasteiger partial charge in [-0.1, -0.05) is 6.92 Å². The van der Waals surface area contributed by atoms with Crippen molar-refractivity contribution < 1.29 is 19.0 Å². The quantitative estimate of drug-likeness (QED) is 0.622. The minimum atomic E-state index is -0.495. The Morgan fingerprint density at radius 3 is 2.85 bits per heavy atom. The Hall–Kier alpha value is -0.610. The van der Waals surface area contributed by atoms with E-state index in [4.69, 9.17) is 14.2 Å². The fourth-order valence-electron chi connectivity index (χ4n) is 1.17. The molecule has 1 rings (SSSR count). The van der Waals surface area contributed by atoms with Crippen molar-refractivity contribution >= 4 is 5.97 Å². The first-order valence-corrected chi connectivity index (χ1v) is 4.51. The van der Waals surface area contributed by atoms with Gasteiger partial charge in [0.1, 0.15) is 12.7 Å². The lowest BCUT2D eigenvalue weighted by atomic mass is 10.2. The number of rotatable bonds is 3. The van der Waals surface area contributed by atoms with E-state index < -0.39 is 5.79 Å². The van der Waals surface area contributed by atoms with Crippen LogP contribution in [0.15, 0.2) is 0 Å². The van der Waals surface area contributed by atoms with Crippen LogP contribution in [0.2, 0.25) is 0 Å². The molecule has 0 bridgehead atoms. The fourth-order valence-corrected chi connectivity index (χ4v) is 1.17. The summed E-state index contributed by atoms with van der Waals surface area (Å²) in [6, 6.07) is 0. The summed E-state index contributed by atoms with van der Waals surface area (Å²) in [5.41, 5.74) is 0. The van der Waals surface area contributed by atoms with Crippen molar-refractivity contribution in [3.8, 4) is 0 Å². The van der Waals surface area contributed by atoms with Gasteiger partial charge in [-0.05, 0) is 13.3 Å². The molecule has 4 heteroatoms. The second kappa shape index (κ2) is 4.07. The number of ether oxygens (including phenoxy) is 3. The molecule has 1 aliphatic rings. The molecule has 0 N–H and O–H groups in total. The van der Waals surface area contributed by atoms with E-state index >= 15 is 0 Å². The van der Waals surface area contributed by atoms with E-state index in [1.54, 1.807) is 0 Å². The van der Waals surface area contributed by atoms with Crippen LogP contribution in [0.4, 0.5) is 0 Å². The van der Waals surface area contributed by atoms with Crippen molar-refractivity contribution in [2.45, 2.75) is 39.1 Å². The van der Waals surface area contributed by atoms with Gasteiger partial charge in [0.2, 0.25) is 0 Å². The van der Waals surface area contributed by atoms with Gasteiger partial charge >= 0.3 is 5.97 Å². The Bertz CT molecular complexity index is 192. The maximum Gasteiger partial charge on any atom is 0.302 e. The number of esters is 1. The average Bonchev–Trinajstić information content (AvgIpc) is 2.45. The molecule has 1 saturated heterocycles. The predicted octanol–water partition coefficient (Wildman–Crippen LogP) is 1.09. The number of hydrogen-bond donors (Lipinski definition) is 0. The molecule has 0 aromatic carbocycles. The van der Waals surface area contributed by atoms with Gasteiger partial charge in [-0.3, -0.25) is 4.79 Å². The van der Waals surface area contributed by atoms with Gasteiger partial charge in [-0.25, -0.2) is 0 Å². The Morgan fingerprint density at radius 2 is 2.38 bits per heavy atom. The summed E-state index contributed by atoms with van der Waals surface area (Å²) in [6.07, 6.45) is 0.678. The molecule has 0 aliphatic carbocycles. The molecular formula is C9H16O4. The Labute approximate surface area is 78.2 Å². The SMILES string of the molecule is CC[C@]1(C)OC[C@H](COC(C)=O)O1. The summed E-state index contributed by atoms with van der Waals surface area (Å²) in [4.78, 5) is 10.5. The van der Waals surface area contributed by atoms with Crippen molar-refractivity contribution in [3.05, 3.63) is 0 Å². The summed E-state index contributed by atoms with van der Waals surface area (Å²) >= 11 is 0. The van der Waals surface area contributed by atoms with E-state index in [9.17, 15) is 4.79 Å². The summed E-state index contributed by atoms with van der Waals surface area (Å²) in [5, 5.41) is 0. The molecule has 0 aromatic heterocycles. The van der Waals surface area contributed by atoms with Crippen LogP contribution < -0.4 is 0 Å². The molecule has 1 fully saturated rings. The van der Waals surface area contributed by atoms with Crippen LogP contribution >= 0.6 is 0 Å². The van der Waals surface area contributed by atoms with Crippen LogP contribution in [-0.4, -0.2) is 31.1 Å². The minimum absolute atomic E-state index is 0.117. The number of hydrogen-bond acceptors (Lipinski definition) is 4. The standard InChI is InChI=1S/C9H16O4/c1-4-9(3)12-6-8(13-9)5-11-7(2)10/h8H,4-6H2,1-3H3/t8-,9+/m0/s1. The van der Waals surface area contributed by atoms with Gasteiger partial charge in [0.05, 0.1) is 6.61 Å². The molecule has 0 unspecified atom stereocenters.